The minimum atomic E-state index is -0.543. The Morgan fingerprint density at radius 1 is 1.14 bits per heavy atom. The third kappa shape index (κ3) is 6.24. The maximum atomic E-state index is 11.7. The molecule has 0 aliphatic rings. The van der Waals surface area contributed by atoms with Crippen LogP contribution in [0.15, 0.2) is 18.2 Å². The SMILES string of the molecule is CCC(OC(=O)CCC(=O)Oc1ccc(Cl)cc1Cl)C(C)C. The Balaban J connectivity index is 2.44. The number of halogens is 2. The van der Waals surface area contributed by atoms with Gasteiger partial charge < -0.3 is 9.47 Å². The maximum absolute atomic E-state index is 11.7. The molecule has 1 aromatic rings. The van der Waals surface area contributed by atoms with E-state index >= 15 is 0 Å². The molecule has 0 bridgehead atoms. The molecule has 0 saturated heterocycles. The summed E-state index contributed by atoms with van der Waals surface area (Å²) in [4.78, 5) is 23.4. The van der Waals surface area contributed by atoms with Crippen molar-refractivity contribution in [3.05, 3.63) is 28.2 Å². The molecule has 6 heteroatoms. The van der Waals surface area contributed by atoms with Gasteiger partial charge in [0.15, 0.2) is 0 Å². The summed E-state index contributed by atoms with van der Waals surface area (Å²) in [6.45, 7) is 5.92. The van der Waals surface area contributed by atoms with E-state index in [1.165, 1.54) is 12.1 Å². The number of carbonyl (C=O) groups is 2. The van der Waals surface area contributed by atoms with Gasteiger partial charge in [-0.3, -0.25) is 9.59 Å². The molecule has 1 aromatic carbocycles. The van der Waals surface area contributed by atoms with Crippen molar-refractivity contribution >= 4 is 35.1 Å². The fourth-order valence-electron chi connectivity index (χ4n) is 1.85. The van der Waals surface area contributed by atoms with Gasteiger partial charge in [-0.15, -0.1) is 0 Å². The molecule has 1 unspecified atom stereocenters. The van der Waals surface area contributed by atoms with Crippen molar-refractivity contribution in [1.82, 2.24) is 0 Å². The van der Waals surface area contributed by atoms with Crippen LogP contribution in [0.2, 0.25) is 10.0 Å². The molecule has 0 spiro atoms. The Bertz CT molecular complexity index is 529. The average Bonchev–Trinajstić information content (AvgIpc) is 2.45. The molecule has 0 fully saturated rings. The first-order chi connectivity index (χ1) is 10.3. The van der Waals surface area contributed by atoms with Gasteiger partial charge in [-0.05, 0) is 30.5 Å². The highest BCUT2D eigenvalue weighted by Crippen LogP contribution is 2.27. The number of rotatable bonds is 7. The minimum absolute atomic E-state index is 0.0206. The van der Waals surface area contributed by atoms with E-state index in [0.717, 1.165) is 6.42 Å². The van der Waals surface area contributed by atoms with Gasteiger partial charge in [0.2, 0.25) is 0 Å². The highest BCUT2D eigenvalue weighted by atomic mass is 35.5. The summed E-state index contributed by atoms with van der Waals surface area (Å²) >= 11 is 11.7. The number of carbonyl (C=O) groups excluding carboxylic acids is 2. The van der Waals surface area contributed by atoms with Gasteiger partial charge in [0, 0.05) is 5.02 Å². The fraction of sp³-hybridized carbons (Fsp3) is 0.500. The second kappa shape index (κ2) is 9.01. The first-order valence-corrected chi connectivity index (χ1v) is 7.94. The summed E-state index contributed by atoms with van der Waals surface area (Å²) in [6.07, 6.45) is 0.530. The Kier molecular flexibility index (Phi) is 7.69. The standard InChI is InChI=1S/C16H20Cl2O4/c1-4-13(10(2)3)21-15(19)7-8-16(20)22-14-6-5-11(17)9-12(14)18/h5-6,9-10,13H,4,7-8H2,1-3H3. The normalized spacial score (nSPS) is 12.1. The molecule has 0 N–H and O–H groups in total. The van der Waals surface area contributed by atoms with E-state index in [9.17, 15) is 9.59 Å². The van der Waals surface area contributed by atoms with Crippen LogP contribution in [-0.2, 0) is 14.3 Å². The first kappa shape index (κ1) is 18.8. The smallest absolute Gasteiger partial charge is 0.311 e. The minimum Gasteiger partial charge on any atom is -0.462 e. The third-order valence-electron chi connectivity index (χ3n) is 3.08. The van der Waals surface area contributed by atoms with Crippen molar-refractivity contribution in [2.75, 3.05) is 0 Å². The summed E-state index contributed by atoms with van der Waals surface area (Å²) in [5.41, 5.74) is 0. The van der Waals surface area contributed by atoms with Crippen molar-refractivity contribution in [3.8, 4) is 5.75 Å². The van der Waals surface area contributed by atoms with E-state index in [1.54, 1.807) is 6.07 Å². The fourth-order valence-corrected chi connectivity index (χ4v) is 2.30. The second-order valence-corrected chi connectivity index (χ2v) is 6.07. The molecule has 0 saturated carbocycles. The van der Waals surface area contributed by atoms with Crippen LogP contribution in [0.5, 0.6) is 5.75 Å². The van der Waals surface area contributed by atoms with Crippen molar-refractivity contribution in [3.63, 3.8) is 0 Å². The zero-order chi connectivity index (χ0) is 16.7. The van der Waals surface area contributed by atoms with Gasteiger partial charge in [-0.2, -0.15) is 0 Å². The Morgan fingerprint density at radius 2 is 1.77 bits per heavy atom. The summed E-state index contributed by atoms with van der Waals surface area (Å²) in [5.74, 6) is -0.481. The zero-order valence-corrected chi connectivity index (χ0v) is 14.4. The van der Waals surface area contributed by atoms with Crippen LogP contribution in [0.1, 0.15) is 40.0 Å². The van der Waals surface area contributed by atoms with Gasteiger partial charge in [0.05, 0.1) is 17.9 Å². The monoisotopic (exact) mass is 346 g/mol. The molecule has 0 aliphatic heterocycles. The number of hydrogen-bond donors (Lipinski definition) is 0. The van der Waals surface area contributed by atoms with Gasteiger partial charge in [0.1, 0.15) is 11.9 Å². The van der Waals surface area contributed by atoms with Gasteiger partial charge in [-0.25, -0.2) is 0 Å². The second-order valence-electron chi connectivity index (χ2n) is 5.23. The van der Waals surface area contributed by atoms with E-state index in [4.69, 9.17) is 32.7 Å². The van der Waals surface area contributed by atoms with Crippen LogP contribution in [0.4, 0.5) is 0 Å². The molecule has 0 amide bonds. The van der Waals surface area contributed by atoms with Crippen LogP contribution >= 0.6 is 23.2 Å². The van der Waals surface area contributed by atoms with Gasteiger partial charge >= 0.3 is 11.9 Å². The van der Waals surface area contributed by atoms with E-state index in [0.29, 0.717) is 5.02 Å². The first-order valence-electron chi connectivity index (χ1n) is 7.18. The van der Waals surface area contributed by atoms with Crippen molar-refractivity contribution in [2.24, 2.45) is 5.92 Å². The number of ether oxygens (including phenoxy) is 2. The summed E-state index contributed by atoms with van der Waals surface area (Å²) in [7, 11) is 0. The maximum Gasteiger partial charge on any atom is 0.311 e. The molecule has 1 rings (SSSR count). The van der Waals surface area contributed by atoms with Crippen LogP contribution in [-0.4, -0.2) is 18.0 Å². The Hall–Kier alpha value is -1.26. The highest BCUT2D eigenvalue weighted by molar-refractivity contribution is 6.35. The topological polar surface area (TPSA) is 52.6 Å². The molecule has 4 nitrogen and oxygen atoms in total. The molecular weight excluding hydrogens is 327 g/mol. The van der Waals surface area contributed by atoms with Crippen LogP contribution in [0.3, 0.4) is 0 Å². The predicted octanol–water partition coefficient (Wildman–Crippen LogP) is 4.66. The van der Waals surface area contributed by atoms with E-state index in [-0.39, 0.29) is 35.6 Å². The van der Waals surface area contributed by atoms with Crippen LogP contribution in [0.25, 0.3) is 0 Å². The molecule has 1 atom stereocenters. The summed E-state index contributed by atoms with van der Waals surface area (Å²) in [5, 5.41) is 0.696. The van der Waals surface area contributed by atoms with Crippen molar-refractivity contribution < 1.29 is 19.1 Å². The molecule has 122 valence electrons. The quantitative estimate of drug-likeness (QED) is 0.532. The molecule has 0 aliphatic carbocycles. The highest BCUT2D eigenvalue weighted by Gasteiger charge is 2.18. The molecular formula is C16H20Cl2O4. The lowest BCUT2D eigenvalue weighted by molar-refractivity contribution is -0.153. The number of esters is 2. The lowest BCUT2D eigenvalue weighted by atomic mass is 10.1. The van der Waals surface area contributed by atoms with E-state index in [2.05, 4.69) is 0 Å². The van der Waals surface area contributed by atoms with Gasteiger partial charge in [-0.1, -0.05) is 44.0 Å². The molecule has 0 radical (unpaired) electrons. The molecule has 0 aromatic heterocycles. The number of benzene rings is 1. The zero-order valence-electron chi connectivity index (χ0n) is 12.9. The lowest BCUT2D eigenvalue weighted by Crippen LogP contribution is -2.23. The van der Waals surface area contributed by atoms with Crippen LogP contribution < -0.4 is 4.74 Å². The van der Waals surface area contributed by atoms with Crippen molar-refractivity contribution in [1.29, 1.82) is 0 Å². The number of hydrogen-bond acceptors (Lipinski definition) is 4. The molecule has 22 heavy (non-hydrogen) atoms. The Labute approximate surface area is 140 Å². The van der Waals surface area contributed by atoms with Crippen molar-refractivity contribution in [2.45, 2.75) is 46.1 Å². The van der Waals surface area contributed by atoms with Crippen LogP contribution in [0, 0.1) is 5.92 Å². The predicted molar refractivity (Wildman–Crippen MR) is 86.3 cm³/mol. The average molecular weight is 347 g/mol. The third-order valence-corrected chi connectivity index (χ3v) is 3.61. The van der Waals surface area contributed by atoms with E-state index < -0.39 is 11.9 Å². The molecule has 0 heterocycles. The van der Waals surface area contributed by atoms with Gasteiger partial charge in [0.25, 0.3) is 0 Å². The lowest BCUT2D eigenvalue weighted by Gasteiger charge is -2.19. The van der Waals surface area contributed by atoms with E-state index in [1.807, 2.05) is 20.8 Å². The largest absolute Gasteiger partial charge is 0.462 e. The Morgan fingerprint density at radius 3 is 2.32 bits per heavy atom. The summed E-state index contributed by atoms with van der Waals surface area (Å²) < 4.78 is 10.4. The summed E-state index contributed by atoms with van der Waals surface area (Å²) in [6, 6.07) is 4.56.